The van der Waals surface area contributed by atoms with Gasteiger partial charge in [-0.25, -0.2) is 0 Å². The zero-order chi connectivity index (χ0) is 28.1. The number of aryl methyl sites for hydroxylation is 2. The Morgan fingerprint density at radius 3 is 2.33 bits per heavy atom. The second kappa shape index (κ2) is 12.5. The van der Waals surface area contributed by atoms with Crippen LogP contribution in [0.2, 0.25) is 0 Å². The SMILES string of the molecule is CCc1ccc(C2C(=C(O)c3ccc(OCc4ccccc4C)cc3)C(=O)C(=O)N2CCN2CCOCC2)cc1. The number of rotatable bonds is 9. The quantitative estimate of drug-likeness (QED) is 0.237. The molecule has 7 nitrogen and oxygen atoms in total. The van der Waals surface area contributed by atoms with Crippen molar-refractivity contribution >= 4 is 17.4 Å². The Balaban J connectivity index is 1.42. The summed E-state index contributed by atoms with van der Waals surface area (Å²) in [6, 6.07) is 22.3. The molecule has 0 spiro atoms. The maximum atomic E-state index is 13.4. The monoisotopic (exact) mass is 540 g/mol. The van der Waals surface area contributed by atoms with E-state index in [0.29, 0.717) is 44.2 Å². The molecule has 7 heteroatoms. The number of ether oxygens (including phenoxy) is 2. The summed E-state index contributed by atoms with van der Waals surface area (Å²) in [5, 5.41) is 11.4. The Morgan fingerprint density at radius 2 is 1.65 bits per heavy atom. The van der Waals surface area contributed by atoms with Crippen molar-refractivity contribution in [3.05, 3.63) is 106 Å². The first-order valence-corrected chi connectivity index (χ1v) is 13.9. The van der Waals surface area contributed by atoms with Crippen LogP contribution < -0.4 is 4.74 Å². The smallest absolute Gasteiger partial charge is 0.295 e. The number of aliphatic hydroxyl groups excluding tert-OH is 1. The Hall–Kier alpha value is -3.94. The zero-order valence-corrected chi connectivity index (χ0v) is 23.1. The van der Waals surface area contributed by atoms with Crippen LogP contribution >= 0.6 is 0 Å². The minimum atomic E-state index is -0.663. The Morgan fingerprint density at radius 1 is 0.950 bits per heavy atom. The molecule has 1 unspecified atom stereocenters. The van der Waals surface area contributed by atoms with Gasteiger partial charge in [-0.2, -0.15) is 0 Å². The van der Waals surface area contributed by atoms with Crippen molar-refractivity contribution in [2.45, 2.75) is 32.9 Å². The molecule has 3 aromatic carbocycles. The molecular formula is C33H36N2O5. The molecule has 0 aliphatic carbocycles. The molecule has 40 heavy (non-hydrogen) atoms. The van der Waals surface area contributed by atoms with Crippen LogP contribution in [-0.4, -0.2) is 66.0 Å². The van der Waals surface area contributed by atoms with Crippen molar-refractivity contribution in [2.24, 2.45) is 0 Å². The van der Waals surface area contributed by atoms with E-state index in [1.165, 1.54) is 0 Å². The van der Waals surface area contributed by atoms with Gasteiger partial charge in [0.05, 0.1) is 24.8 Å². The van der Waals surface area contributed by atoms with E-state index in [0.717, 1.165) is 41.8 Å². The molecule has 2 saturated heterocycles. The summed E-state index contributed by atoms with van der Waals surface area (Å²) in [4.78, 5) is 30.5. The highest BCUT2D eigenvalue weighted by Crippen LogP contribution is 2.39. The molecule has 3 aromatic rings. The third-order valence-electron chi connectivity index (χ3n) is 7.79. The molecule has 2 aliphatic heterocycles. The van der Waals surface area contributed by atoms with Gasteiger partial charge in [-0.15, -0.1) is 0 Å². The van der Waals surface area contributed by atoms with Gasteiger partial charge in [-0.05, 0) is 59.9 Å². The second-order valence-corrected chi connectivity index (χ2v) is 10.3. The standard InChI is InChI=1S/C33H36N2O5/c1-3-24-8-10-25(11-9-24)30-29(32(37)33(38)35(30)17-16-34-18-20-39-21-19-34)31(36)26-12-14-28(15-13-26)40-22-27-7-5-4-6-23(27)2/h4-15,30,36H,3,16-22H2,1-2H3. The number of hydrogen-bond acceptors (Lipinski definition) is 6. The summed E-state index contributed by atoms with van der Waals surface area (Å²) < 4.78 is 11.4. The van der Waals surface area contributed by atoms with Crippen LogP contribution in [0.15, 0.2) is 78.4 Å². The maximum absolute atomic E-state index is 13.4. The fraction of sp³-hybridized carbons (Fsp3) is 0.333. The van der Waals surface area contributed by atoms with E-state index in [1.54, 1.807) is 29.2 Å². The minimum absolute atomic E-state index is 0.116. The van der Waals surface area contributed by atoms with Crippen molar-refractivity contribution in [3.63, 3.8) is 0 Å². The van der Waals surface area contributed by atoms with Gasteiger partial charge < -0.3 is 19.5 Å². The van der Waals surface area contributed by atoms with E-state index in [1.807, 2.05) is 55.5 Å². The fourth-order valence-corrected chi connectivity index (χ4v) is 5.26. The minimum Gasteiger partial charge on any atom is -0.507 e. The van der Waals surface area contributed by atoms with Crippen LogP contribution in [0, 0.1) is 6.92 Å². The third-order valence-corrected chi connectivity index (χ3v) is 7.79. The van der Waals surface area contributed by atoms with Gasteiger partial charge in [0.25, 0.3) is 11.7 Å². The highest BCUT2D eigenvalue weighted by Gasteiger charge is 2.46. The lowest BCUT2D eigenvalue weighted by Gasteiger charge is -2.31. The van der Waals surface area contributed by atoms with Gasteiger partial charge in [0.15, 0.2) is 0 Å². The number of benzene rings is 3. The number of carbonyl (C=O) groups excluding carboxylic acids is 2. The van der Waals surface area contributed by atoms with Crippen LogP contribution in [0.4, 0.5) is 0 Å². The summed E-state index contributed by atoms with van der Waals surface area (Å²) in [6.07, 6.45) is 0.885. The third kappa shape index (κ3) is 5.96. The molecule has 1 amide bonds. The molecule has 1 atom stereocenters. The van der Waals surface area contributed by atoms with Crippen molar-refractivity contribution in [2.75, 3.05) is 39.4 Å². The summed E-state index contributed by atoms with van der Waals surface area (Å²) in [5.41, 5.74) is 4.80. The molecule has 0 aromatic heterocycles. The number of Topliss-reactive ketones (excluding diaryl/α,β-unsaturated/α-hetero) is 1. The zero-order valence-electron chi connectivity index (χ0n) is 23.1. The predicted octanol–water partition coefficient (Wildman–Crippen LogP) is 4.89. The first kappa shape index (κ1) is 27.6. The lowest BCUT2D eigenvalue weighted by molar-refractivity contribution is -0.140. The van der Waals surface area contributed by atoms with Crippen LogP contribution in [0.5, 0.6) is 5.75 Å². The van der Waals surface area contributed by atoms with Gasteiger partial charge in [-0.3, -0.25) is 14.5 Å². The molecule has 2 aliphatic rings. The molecule has 2 heterocycles. The molecule has 208 valence electrons. The lowest BCUT2D eigenvalue weighted by Crippen LogP contribution is -2.42. The summed E-state index contributed by atoms with van der Waals surface area (Å²) in [7, 11) is 0. The van der Waals surface area contributed by atoms with E-state index in [-0.39, 0.29) is 11.3 Å². The van der Waals surface area contributed by atoms with Gasteiger partial charge in [0, 0.05) is 31.7 Å². The van der Waals surface area contributed by atoms with Crippen LogP contribution in [0.25, 0.3) is 5.76 Å². The van der Waals surface area contributed by atoms with Crippen molar-refractivity contribution in [1.29, 1.82) is 0 Å². The summed E-state index contributed by atoms with van der Waals surface area (Å²) in [5.74, 6) is -0.777. The van der Waals surface area contributed by atoms with Crippen LogP contribution in [-0.2, 0) is 27.4 Å². The topological polar surface area (TPSA) is 79.3 Å². The van der Waals surface area contributed by atoms with Crippen molar-refractivity contribution in [3.8, 4) is 5.75 Å². The number of aliphatic hydroxyl groups is 1. The Kier molecular flexibility index (Phi) is 8.63. The normalized spacial score (nSPS) is 19.2. The van der Waals surface area contributed by atoms with Crippen LogP contribution in [0.3, 0.4) is 0 Å². The second-order valence-electron chi connectivity index (χ2n) is 10.3. The maximum Gasteiger partial charge on any atom is 0.295 e. The average molecular weight is 541 g/mol. The number of nitrogens with zero attached hydrogens (tertiary/aromatic N) is 2. The van der Waals surface area contributed by atoms with Crippen molar-refractivity contribution < 1.29 is 24.2 Å². The fourth-order valence-electron chi connectivity index (χ4n) is 5.26. The van der Waals surface area contributed by atoms with Crippen molar-refractivity contribution in [1.82, 2.24) is 9.80 Å². The number of amides is 1. The molecule has 0 radical (unpaired) electrons. The van der Waals surface area contributed by atoms with Gasteiger partial charge in [-0.1, -0.05) is 55.5 Å². The van der Waals surface area contributed by atoms with E-state index < -0.39 is 17.7 Å². The summed E-state index contributed by atoms with van der Waals surface area (Å²) in [6.45, 7) is 8.47. The van der Waals surface area contributed by atoms with Gasteiger partial charge in [0.1, 0.15) is 18.1 Å². The highest BCUT2D eigenvalue weighted by atomic mass is 16.5. The molecule has 5 rings (SSSR count). The number of morpholine rings is 1. The molecule has 1 N–H and O–H groups in total. The Labute approximate surface area is 235 Å². The number of likely N-dealkylation sites (tertiary alicyclic amines) is 1. The van der Waals surface area contributed by atoms with E-state index in [9.17, 15) is 14.7 Å². The average Bonchev–Trinajstić information content (AvgIpc) is 3.25. The van der Waals surface area contributed by atoms with Gasteiger partial charge >= 0.3 is 0 Å². The first-order valence-electron chi connectivity index (χ1n) is 13.9. The number of ketones is 1. The largest absolute Gasteiger partial charge is 0.507 e. The predicted molar refractivity (Wildman–Crippen MR) is 154 cm³/mol. The molecule has 0 bridgehead atoms. The van der Waals surface area contributed by atoms with E-state index in [2.05, 4.69) is 11.8 Å². The van der Waals surface area contributed by atoms with Crippen LogP contribution in [0.1, 0.15) is 40.8 Å². The molecule has 2 fully saturated rings. The lowest BCUT2D eigenvalue weighted by atomic mass is 9.94. The van der Waals surface area contributed by atoms with E-state index >= 15 is 0 Å². The van der Waals surface area contributed by atoms with Gasteiger partial charge in [0.2, 0.25) is 0 Å². The molecule has 0 saturated carbocycles. The van der Waals surface area contributed by atoms with E-state index in [4.69, 9.17) is 9.47 Å². The highest BCUT2D eigenvalue weighted by molar-refractivity contribution is 6.46. The first-order chi connectivity index (χ1) is 19.5. The number of carbonyl (C=O) groups is 2. The molecular weight excluding hydrogens is 504 g/mol. The Bertz CT molecular complexity index is 1370. The summed E-state index contributed by atoms with van der Waals surface area (Å²) >= 11 is 0. The number of hydrogen-bond donors (Lipinski definition) is 1.